The van der Waals surface area contributed by atoms with Gasteiger partial charge in [-0.05, 0) is 38.2 Å². The van der Waals surface area contributed by atoms with Crippen LogP contribution in [0.5, 0.6) is 0 Å². The number of ether oxygens (including phenoxy) is 1. The fourth-order valence-corrected chi connectivity index (χ4v) is 2.78. The minimum absolute atomic E-state index is 0.524. The van der Waals surface area contributed by atoms with E-state index in [4.69, 9.17) is 4.74 Å². The molecule has 0 saturated heterocycles. The zero-order chi connectivity index (χ0) is 12.4. The van der Waals surface area contributed by atoms with Gasteiger partial charge in [0, 0.05) is 25.0 Å². The molecule has 17 heavy (non-hydrogen) atoms. The second-order valence-corrected chi connectivity index (χ2v) is 4.54. The van der Waals surface area contributed by atoms with Gasteiger partial charge in [0.2, 0.25) is 0 Å². The van der Waals surface area contributed by atoms with Gasteiger partial charge in [0.15, 0.2) is 0 Å². The lowest BCUT2D eigenvalue weighted by Crippen LogP contribution is -2.12. The Morgan fingerprint density at radius 1 is 1.41 bits per heavy atom. The van der Waals surface area contributed by atoms with Crippen LogP contribution in [0.25, 0.3) is 0 Å². The zero-order valence-corrected chi connectivity index (χ0v) is 10.5. The Hall–Kier alpha value is -1.29. The highest BCUT2D eigenvalue weighted by Crippen LogP contribution is 2.29. The predicted molar refractivity (Wildman–Crippen MR) is 64.6 cm³/mol. The smallest absolute Gasteiger partial charge is 0.337 e. The average molecular weight is 237 g/mol. The summed E-state index contributed by atoms with van der Waals surface area (Å²) >= 11 is 0. The molecule has 1 N–H and O–H groups in total. The molecular formula is C13H19NO3. The molecule has 0 saturated carbocycles. The Balaban J connectivity index is 2.47. The number of nitrogens with zero attached hydrogens (tertiary/aromatic N) is 1. The number of carbonyl (C=O) groups is 1. The van der Waals surface area contributed by atoms with Gasteiger partial charge in [0.1, 0.15) is 0 Å². The molecule has 0 aliphatic heterocycles. The normalized spacial score (nSPS) is 14.7. The van der Waals surface area contributed by atoms with Crippen LogP contribution < -0.4 is 0 Å². The van der Waals surface area contributed by atoms with Crippen molar-refractivity contribution in [2.24, 2.45) is 0 Å². The highest BCUT2D eigenvalue weighted by molar-refractivity contribution is 5.91. The molecule has 0 radical (unpaired) electrons. The summed E-state index contributed by atoms with van der Waals surface area (Å²) in [5, 5.41) is 9.32. The van der Waals surface area contributed by atoms with E-state index in [1.807, 2.05) is 6.92 Å². The minimum atomic E-state index is -0.795. The summed E-state index contributed by atoms with van der Waals surface area (Å²) in [4.78, 5) is 11.3. The summed E-state index contributed by atoms with van der Waals surface area (Å²) < 4.78 is 7.22. The van der Waals surface area contributed by atoms with Crippen LogP contribution >= 0.6 is 0 Å². The average Bonchev–Trinajstić information content (AvgIpc) is 2.58. The van der Waals surface area contributed by atoms with Gasteiger partial charge in [-0.25, -0.2) is 4.79 Å². The van der Waals surface area contributed by atoms with Crippen molar-refractivity contribution in [3.05, 3.63) is 22.5 Å². The molecule has 1 heterocycles. The van der Waals surface area contributed by atoms with E-state index in [1.54, 1.807) is 7.11 Å². The van der Waals surface area contributed by atoms with Gasteiger partial charge in [-0.2, -0.15) is 0 Å². The zero-order valence-electron chi connectivity index (χ0n) is 10.5. The first-order chi connectivity index (χ1) is 8.16. The molecule has 0 amide bonds. The van der Waals surface area contributed by atoms with Crippen LogP contribution in [-0.4, -0.2) is 29.4 Å². The van der Waals surface area contributed by atoms with Crippen LogP contribution in [-0.2, 0) is 24.1 Å². The van der Waals surface area contributed by atoms with Crippen molar-refractivity contribution in [1.29, 1.82) is 0 Å². The molecule has 1 aromatic rings. The van der Waals surface area contributed by atoms with E-state index in [-0.39, 0.29) is 0 Å². The number of rotatable bonds is 4. The van der Waals surface area contributed by atoms with Gasteiger partial charge >= 0.3 is 5.97 Å². The Labute approximate surface area is 101 Å². The fraction of sp³-hybridized carbons (Fsp3) is 0.615. The van der Waals surface area contributed by atoms with Crippen molar-refractivity contribution in [1.82, 2.24) is 4.57 Å². The van der Waals surface area contributed by atoms with Gasteiger partial charge in [-0.1, -0.05) is 0 Å². The Kier molecular flexibility index (Phi) is 3.52. The van der Waals surface area contributed by atoms with Crippen LogP contribution in [0.15, 0.2) is 0 Å². The van der Waals surface area contributed by atoms with Crippen molar-refractivity contribution >= 4 is 5.97 Å². The molecule has 0 unspecified atom stereocenters. The lowest BCUT2D eigenvalue weighted by molar-refractivity contribution is 0.0694. The molecule has 2 rings (SSSR count). The van der Waals surface area contributed by atoms with Gasteiger partial charge < -0.3 is 14.4 Å². The molecule has 0 aromatic carbocycles. The van der Waals surface area contributed by atoms with E-state index in [0.29, 0.717) is 12.2 Å². The maximum atomic E-state index is 11.3. The van der Waals surface area contributed by atoms with E-state index in [2.05, 4.69) is 4.57 Å². The Bertz CT molecular complexity index is 434. The molecule has 4 nitrogen and oxygen atoms in total. The third kappa shape index (κ3) is 2.09. The monoisotopic (exact) mass is 237 g/mol. The van der Waals surface area contributed by atoms with Gasteiger partial charge in [0.05, 0.1) is 12.2 Å². The fourth-order valence-electron chi connectivity index (χ4n) is 2.78. The number of aromatic carboxylic acids is 1. The van der Waals surface area contributed by atoms with E-state index in [0.717, 1.165) is 43.5 Å². The van der Waals surface area contributed by atoms with Crippen LogP contribution in [0.2, 0.25) is 0 Å². The highest BCUT2D eigenvalue weighted by Gasteiger charge is 2.25. The first kappa shape index (κ1) is 12.2. The molecule has 1 aliphatic rings. The molecular weight excluding hydrogens is 218 g/mol. The second-order valence-electron chi connectivity index (χ2n) is 4.54. The van der Waals surface area contributed by atoms with Crippen molar-refractivity contribution in [3.63, 3.8) is 0 Å². The molecule has 1 aromatic heterocycles. The number of aromatic nitrogens is 1. The molecule has 0 fully saturated rings. The molecule has 1 aliphatic carbocycles. The third-order valence-electron chi connectivity index (χ3n) is 3.57. The predicted octanol–water partition coefficient (Wildman–Crippen LogP) is 2.02. The quantitative estimate of drug-likeness (QED) is 0.871. The third-order valence-corrected chi connectivity index (χ3v) is 3.57. The molecule has 0 bridgehead atoms. The summed E-state index contributed by atoms with van der Waals surface area (Å²) in [6.45, 7) is 3.27. The standard InChI is InChI=1S/C13H19NO3/c1-9-12(13(15)16)10-5-3-4-6-11(10)14(9)7-8-17-2/h3-8H2,1-2H3,(H,15,16). The van der Waals surface area contributed by atoms with Crippen molar-refractivity contribution in [2.45, 2.75) is 39.2 Å². The Morgan fingerprint density at radius 2 is 2.12 bits per heavy atom. The van der Waals surface area contributed by atoms with E-state index in [9.17, 15) is 9.90 Å². The summed E-state index contributed by atoms with van der Waals surface area (Å²) in [6.07, 6.45) is 4.15. The maximum Gasteiger partial charge on any atom is 0.337 e. The summed E-state index contributed by atoms with van der Waals surface area (Å²) in [7, 11) is 1.67. The van der Waals surface area contributed by atoms with E-state index >= 15 is 0 Å². The molecule has 0 spiro atoms. The van der Waals surface area contributed by atoms with E-state index < -0.39 is 5.97 Å². The van der Waals surface area contributed by atoms with Crippen LogP contribution in [0.1, 0.15) is 40.2 Å². The Morgan fingerprint density at radius 3 is 2.76 bits per heavy atom. The SMILES string of the molecule is COCCn1c(C)c(C(=O)O)c2c1CCCC2. The lowest BCUT2D eigenvalue weighted by atomic mass is 9.94. The number of methoxy groups -OCH3 is 1. The number of hydrogen-bond donors (Lipinski definition) is 1. The minimum Gasteiger partial charge on any atom is -0.478 e. The van der Waals surface area contributed by atoms with Gasteiger partial charge in [0.25, 0.3) is 0 Å². The molecule has 4 heteroatoms. The molecule has 0 atom stereocenters. The summed E-state index contributed by atoms with van der Waals surface area (Å²) in [6, 6.07) is 0. The number of hydrogen-bond acceptors (Lipinski definition) is 2. The van der Waals surface area contributed by atoms with Crippen LogP contribution in [0.3, 0.4) is 0 Å². The summed E-state index contributed by atoms with van der Waals surface area (Å²) in [5.41, 5.74) is 3.66. The highest BCUT2D eigenvalue weighted by atomic mass is 16.5. The first-order valence-corrected chi connectivity index (χ1v) is 6.10. The van der Waals surface area contributed by atoms with Crippen molar-refractivity contribution in [3.8, 4) is 0 Å². The van der Waals surface area contributed by atoms with E-state index in [1.165, 1.54) is 5.69 Å². The topological polar surface area (TPSA) is 51.5 Å². The number of fused-ring (bicyclic) bond motifs is 1. The second kappa shape index (κ2) is 4.92. The van der Waals surface area contributed by atoms with Crippen molar-refractivity contribution in [2.75, 3.05) is 13.7 Å². The largest absolute Gasteiger partial charge is 0.478 e. The number of carboxylic acid groups (broad SMARTS) is 1. The first-order valence-electron chi connectivity index (χ1n) is 6.10. The lowest BCUT2D eigenvalue weighted by Gasteiger charge is -2.16. The van der Waals surface area contributed by atoms with Gasteiger partial charge in [-0.15, -0.1) is 0 Å². The van der Waals surface area contributed by atoms with Crippen LogP contribution in [0.4, 0.5) is 0 Å². The van der Waals surface area contributed by atoms with Crippen LogP contribution in [0, 0.1) is 6.92 Å². The molecule has 94 valence electrons. The van der Waals surface area contributed by atoms with Crippen molar-refractivity contribution < 1.29 is 14.6 Å². The number of carboxylic acids is 1. The summed E-state index contributed by atoms with van der Waals surface area (Å²) in [5.74, 6) is -0.795. The maximum absolute atomic E-state index is 11.3. The van der Waals surface area contributed by atoms with Gasteiger partial charge in [-0.3, -0.25) is 0 Å².